The minimum atomic E-state index is -4.50. The number of halogens is 3. The molecule has 1 aromatic heterocycles. The second kappa shape index (κ2) is 5.36. The van der Waals surface area contributed by atoms with Gasteiger partial charge in [0, 0.05) is 25.0 Å². The first kappa shape index (κ1) is 14.1. The molecule has 0 aliphatic heterocycles. The first-order valence-electron chi connectivity index (χ1n) is 5.69. The Bertz CT molecular complexity index is 567. The molecule has 0 amide bonds. The molecule has 0 N–H and O–H groups in total. The highest BCUT2D eigenvalue weighted by atomic mass is 19.4. The molecule has 0 fully saturated rings. The molecule has 0 aliphatic rings. The molecule has 0 unspecified atom stereocenters. The SMILES string of the molecule is COc1ccc(-c2cnc(N(C)C(F)(F)F)nc2)cc1. The van der Waals surface area contributed by atoms with E-state index in [0.29, 0.717) is 11.3 Å². The number of anilines is 1. The highest BCUT2D eigenvalue weighted by molar-refractivity contribution is 5.62. The van der Waals surface area contributed by atoms with Gasteiger partial charge in [-0.05, 0) is 17.7 Å². The van der Waals surface area contributed by atoms with Crippen molar-refractivity contribution in [2.45, 2.75) is 6.30 Å². The molecular weight excluding hydrogens is 271 g/mol. The minimum absolute atomic E-state index is 0.0603. The van der Waals surface area contributed by atoms with Crippen molar-refractivity contribution in [3.05, 3.63) is 36.7 Å². The van der Waals surface area contributed by atoms with Crippen LogP contribution in [0.25, 0.3) is 11.1 Å². The van der Waals surface area contributed by atoms with Crippen LogP contribution >= 0.6 is 0 Å². The quantitative estimate of drug-likeness (QED) is 0.811. The van der Waals surface area contributed by atoms with Crippen molar-refractivity contribution in [3.8, 4) is 16.9 Å². The molecule has 0 aliphatic carbocycles. The molecular formula is C13H12F3N3O. The summed E-state index contributed by atoms with van der Waals surface area (Å²) in [5.41, 5.74) is 1.43. The standard InChI is InChI=1S/C13H12F3N3O/c1-19(13(14,15)16)12-17-7-10(8-18-12)9-3-5-11(20-2)6-4-9/h3-8H,1-2H3. The van der Waals surface area contributed by atoms with Crippen LogP contribution in [0.4, 0.5) is 19.1 Å². The summed E-state index contributed by atoms with van der Waals surface area (Å²) in [7, 11) is 2.43. The van der Waals surface area contributed by atoms with Crippen molar-refractivity contribution in [3.63, 3.8) is 0 Å². The lowest BCUT2D eigenvalue weighted by Crippen LogP contribution is -2.35. The monoisotopic (exact) mass is 283 g/mol. The molecule has 4 nitrogen and oxygen atoms in total. The first-order valence-corrected chi connectivity index (χ1v) is 5.69. The summed E-state index contributed by atoms with van der Waals surface area (Å²) in [6.07, 6.45) is -1.79. The van der Waals surface area contributed by atoms with Crippen LogP contribution in [0.3, 0.4) is 0 Å². The van der Waals surface area contributed by atoms with Crippen LogP contribution in [-0.2, 0) is 0 Å². The van der Waals surface area contributed by atoms with Gasteiger partial charge in [-0.1, -0.05) is 12.1 Å². The third kappa shape index (κ3) is 2.98. The Morgan fingerprint density at radius 1 is 1.00 bits per heavy atom. The molecule has 2 aromatic rings. The van der Waals surface area contributed by atoms with Crippen molar-refractivity contribution >= 4 is 5.95 Å². The second-order valence-corrected chi connectivity index (χ2v) is 4.03. The summed E-state index contributed by atoms with van der Waals surface area (Å²) in [5.74, 6) is 0.304. The third-order valence-electron chi connectivity index (χ3n) is 2.74. The van der Waals surface area contributed by atoms with E-state index < -0.39 is 12.2 Å². The molecule has 1 aromatic carbocycles. The first-order chi connectivity index (χ1) is 9.41. The Morgan fingerprint density at radius 3 is 2.00 bits per heavy atom. The Kier molecular flexibility index (Phi) is 3.78. The maximum absolute atomic E-state index is 12.5. The topological polar surface area (TPSA) is 38.2 Å². The van der Waals surface area contributed by atoms with Gasteiger partial charge < -0.3 is 4.74 Å². The van der Waals surface area contributed by atoms with E-state index in [1.807, 2.05) is 0 Å². The zero-order valence-corrected chi connectivity index (χ0v) is 10.8. The predicted molar refractivity (Wildman–Crippen MR) is 68.5 cm³/mol. The fraction of sp³-hybridized carbons (Fsp3) is 0.231. The average molecular weight is 283 g/mol. The number of hydrogen-bond acceptors (Lipinski definition) is 4. The van der Waals surface area contributed by atoms with Crippen LogP contribution in [0.1, 0.15) is 0 Å². The zero-order valence-electron chi connectivity index (χ0n) is 10.8. The lowest BCUT2D eigenvalue weighted by atomic mass is 10.1. The Morgan fingerprint density at radius 2 is 1.55 bits per heavy atom. The van der Waals surface area contributed by atoms with Gasteiger partial charge in [-0.2, -0.15) is 0 Å². The van der Waals surface area contributed by atoms with Gasteiger partial charge >= 0.3 is 6.30 Å². The molecule has 0 atom stereocenters. The maximum Gasteiger partial charge on any atom is 0.487 e. The van der Waals surface area contributed by atoms with Gasteiger partial charge in [0.1, 0.15) is 5.75 Å². The van der Waals surface area contributed by atoms with Crippen molar-refractivity contribution < 1.29 is 17.9 Å². The number of nitrogens with zero attached hydrogens (tertiary/aromatic N) is 3. The molecule has 0 spiro atoms. The number of methoxy groups -OCH3 is 1. The zero-order chi connectivity index (χ0) is 14.8. The highest BCUT2D eigenvalue weighted by Crippen LogP contribution is 2.25. The molecule has 0 saturated heterocycles. The van der Waals surface area contributed by atoms with E-state index in [0.717, 1.165) is 12.6 Å². The van der Waals surface area contributed by atoms with Gasteiger partial charge in [-0.15, -0.1) is 13.2 Å². The predicted octanol–water partition coefficient (Wildman–Crippen LogP) is 3.11. The highest BCUT2D eigenvalue weighted by Gasteiger charge is 2.36. The van der Waals surface area contributed by atoms with Crippen molar-refractivity contribution in [2.75, 3.05) is 19.1 Å². The van der Waals surface area contributed by atoms with Gasteiger partial charge in [-0.3, -0.25) is 4.90 Å². The van der Waals surface area contributed by atoms with Gasteiger partial charge in [0.05, 0.1) is 7.11 Å². The van der Waals surface area contributed by atoms with Crippen LogP contribution in [0.5, 0.6) is 5.75 Å². The van der Waals surface area contributed by atoms with Crippen LogP contribution in [-0.4, -0.2) is 30.4 Å². The number of alkyl halides is 3. The number of aromatic nitrogens is 2. The second-order valence-electron chi connectivity index (χ2n) is 4.03. The largest absolute Gasteiger partial charge is 0.497 e. The lowest BCUT2D eigenvalue weighted by molar-refractivity contribution is -0.126. The van der Waals surface area contributed by atoms with Gasteiger partial charge in [0.2, 0.25) is 5.95 Å². The van der Waals surface area contributed by atoms with E-state index in [1.165, 1.54) is 12.4 Å². The minimum Gasteiger partial charge on any atom is -0.497 e. The number of rotatable bonds is 3. The van der Waals surface area contributed by atoms with Crippen molar-refractivity contribution in [1.29, 1.82) is 0 Å². The Hall–Kier alpha value is -2.31. The van der Waals surface area contributed by atoms with Crippen molar-refractivity contribution in [2.24, 2.45) is 0 Å². The van der Waals surface area contributed by atoms with Crippen LogP contribution in [0, 0.1) is 0 Å². The summed E-state index contributed by atoms with van der Waals surface area (Å²) in [6, 6.07) is 7.07. The van der Waals surface area contributed by atoms with Gasteiger partial charge in [0.25, 0.3) is 0 Å². The Labute approximate surface area is 113 Å². The van der Waals surface area contributed by atoms with E-state index >= 15 is 0 Å². The van der Waals surface area contributed by atoms with Crippen LogP contribution < -0.4 is 9.64 Å². The summed E-state index contributed by atoms with van der Waals surface area (Å²) in [5, 5.41) is 0. The smallest absolute Gasteiger partial charge is 0.487 e. The Balaban J connectivity index is 2.23. The maximum atomic E-state index is 12.5. The molecule has 2 rings (SSSR count). The van der Waals surface area contributed by atoms with Gasteiger partial charge in [0.15, 0.2) is 0 Å². The number of ether oxygens (including phenoxy) is 1. The van der Waals surface area contributed by atoms with E-state index in [-0.39, 0.29) is 4.90 Å². The van der Waals surface area contributed by atoms with Crippen LogP contribution in [0.2, 0.25) is 0 Å². The van der Waals surface area contributed by atoms with E-state index in [9.17, 15) is 13.2 Å². The lowest BCUT2D eigenvalue weighted by Gasteiger charge is -2.19. The fourth-order valence-corrected chi connectivity index (χ4v) is 1.54. The third-order valence-corrected chi connectivity index (χ3v) is 2.74. The normalized spacial score (nSPS) is 11.2. The molecule has 20 heavy (non-hydrogen) atoms. The number of hydrogen-bond donors (Lipinski definition) is 0. The van der Waals surface area contributed by atoms with Crippen molar-refractivity contribution in [1.82, 2.24) is 9.97 Å². The summed E-state index contributed by atoms with van der Waals surface area (Å²) < 4.78 is 42.5. The van der Waals surface area contributed by atoms with Crippen LogP contribution in [0.15, 0.2) is 36.7 Å². The molecule has 1 heterocycles. The fourth-order valence-electron chi connectivity index (χ4n) is 1.54. The molecule has 0 bridgehead atoms. The number of benzene rings is 1. The van der Waals surface area contributed by atoms with E-state index in [4.69, 9.17) is 4.74 Å². The van der Waals surface area contributed by atoms with Gasteiger partial charge in [-0.25, -0.2) is 9.97 Å². The summed E-state index contributed by atoms with van der Waals surface area (Å²) >= 11 is 0. The summed E-state index contributed by atoms with van der Waals surface area (Å²) in [4.78, 5) is 7.52. The van der Waals surface area contributed by atoms with E-state index in [2.05, 4.69) is 9.97 Å². The molecule has 0 saturated carbocycles. The molecule has 106 valence electrons. The van der Waals surface area contributed by atoms with E-state index in [1.54, 1.807) is 31.4 Å². The average Bonchev–Trinajstić information content (AvgIpc) is 2.46. The molecule has 0 radical (unpaired) electrons. The molecule has 7 heteroatoms. The summed E-state index contributed by atoms with van der Waals surface area (Å²) in [6.45, 7) is 0.